The third-order valence-corrected chi connectivity index (χ3v) is 4.42. The van der Waals surface area contributed by atoms with E-state index >= 15 is 0 Å². The number of fused-ring (bicyclic) bond motifs is 1. The van der Waals surface area contributed by atoms with Crippen molar-refractivity contribution in [2.75, 3.05) is 5.32 Å². The first-order valence-electron chi connectivity index (χ1n) is 9.62. The molecule has 1 amide bonds. The average molecular weight is 405 g/mol. The first kappa shape index (κ1) is 19.6. The molecule has 3 heterocycles. The van der Waals surface area contributed by atoms with Gasteiger partial charge < -0.3 is 5.32 Å². The quantitative estimate of drug-likeness (QED) is 0.542. The van der Waals surface area contributed by atoms with Crippen molar-refractivity contribution in [3.05, 3.63) is 58.6 Å². The van der Waals surface area contributed by atoms with E-state index in [0.717, 1.165) is 5.69 Å². The number of rotatable bonds is 4. The summed E-state index contributed by atoms with van der Waals surface area (Å²) in [6, 6.07) is 11.2. The van der Waals surface area contributed by atoms with Gasteiger partial charge in [0.25, 0.3) is 5.56 Å². The summed E-state index contributed by atoms with van der Waals surface area (Å²) in [5.74, 6) is 0.501. The molecule has 0 spiro atoms. The van der Waals surface area contributed by atoms with Gasteiger partial charge in [-0.3, -0.25) is 14.6 Å². The summed E-state index contributed by atoms with van der Waals surface area (Å²) in [7, 11) is 0. The molecule has 0 aliphatic rings. The zero-order valence-corrected chi connectivity index (χ0v) is 17.3. The Morgan fingerprint density at radius 3 is 2.60 bits per heavy atom. The van der Waals surface area contributed by atoms with Crippen molar-refractivity contribution in [2.24, 2.45) is 5.41 Å². The number of carbonyl (C=O) groups excluding carboxylic acids is 1. The summed E-state index contributed by atoms with van der Waals surface area (Å²) in [6.45, 7) is 7.78. The molecule has 9 heteroatoms. The molecule has 0 radical (unpaired) electrons. The second-order valence-electron chi connectivity index (χ2n) is 8.39. The lowest BCUT2D eigenvalue weighted by Crippen LogP contribution is -2.22. The number of hydrogen-bond acceptors (Lipinski definition) is 5. The van der Waals surface area contributed by atoms with E-state index in [1.807, 2.05) is 51.1 Å². The normalized spacial score (nSPS) is 11.7. The van der Waals surface area contributed by atoms with E-state index in [2.05, 4.69) is 25.5 Å². The van der Waals surface area contributed by atoms with Crippen LogP contribution in [0.5, 0.6) is 0 Å². The number of aromatic amines is 1. The van der Waals surface area contributed by atoms with Gasteiger partial charge in [0, 0.05) is 12.5 Å². The SMILES string of the molecule is Cc1cc(NC(=O)CC(C)(C)C)n(-c2nc3c(cnn3-c3ccccc3)c(=O)[nH]2)n1. The fourth-order valence-electron chi connectivity index (χ4n) is 3.18. The topological polar surface area (TPSA) is 110 Å². The number of para-hydroxylation sites is 1. The summed E-state index contributed by atoms with van der Waals surface area (Å²) >= 11 is 0. The maximum absolute atomic E-state index is 12.7. The van der Waals surface area contributed by atoms with Crippen molar-refractivity contribution in [3.63, 3.8) is 0 Å². The van der Waals surface area contributed by atoms with Crippen LogP contribution < -0.4 is 10.9 Å². The van der Waals surface area contributed by atoms with Gasteiger partial charge in [-0.1, -0.05) is 39.0 Å². The lowest BCUT2D eigenvalue weighted by Gasteiger charge is -2.17. The minimum atomic E-state index is -0.336. The van der Waals surface area contributed by atoms with Crippen molar-refractivity contribution in [1.29, 1.82) is 0 Å². The van der Waals surface area contributed by atoms with Gasteiger partial charge in [0.1, 0.15) is 11.2 Å². The van der Waals surface area contributed by atoms with Crippen LogP contribution in [0.4, 0.5) is 5.82 Å². The number of nitrogens with zero attached hydrogens (tertiary/aromatic N) is 5. The number of hydrogen-bond donors (Lipinski definition) is 2. The second kappa shape index (κ2) is 7.25. The van der Waals surface area contributed by atoms with Gasteiger partial charge >= 0.3 is 0 Å². The predicted octanol–water partition coefficient (Wildman–Crippen LogP) is 2.98. The lowest BCUT2D eigenvalue weighted by molar-refractivity contribution is -0.117. The van der Waals surface area contributed by atoms with Crippen LogP contribution in [0.1, 0.15) is 32.9 Å². The molecule has 0 fully saturated rings. The molecule has 154 valence electrons. The first-order chi connectivity index (χ1) is 14.2. The van der Waals surface area contributed by atoms with Gasteiger partial charge in [-0.2, -0.15) is 19.9 Å². The summed E-state index contributed by atoms with van der Waals surface area (Å²) in [5.41, 5.74) is 1.38. The Hall–Kier alpha value is -3.75. The van der Waals surface area contributed by atoms with E-state index in [4.69, 9.17) is 0 Å². The van der Waals surface area contributed by atoms with Crippen LogP contribution in [0.25, 0.3) is 22.7 Å². The molecule has 4 aromatic rings. The van der Waals surface area contributed by atoms with Crippen molar-refractivity contribution in [3.8, 4) is 11.6 Å². The minimum Gasteiger partial charge on any atom is -0.310 e. The third-order valence-electron chi connectivity index (χ3n) is 4.42. The van der Waals surface area contributed by atoms with E-state index < -0.39 is 0 Å². The van der Waals surface area contributed by atoms with Gasteiger partial charge in [0.2, 0.25) is 11.9 Å². The molecule has 2 N–H and O–H groups in total. The Morgan fingerprint density at radius 1 is 1.17 bits per heavy atom. The van der Waals surface area contributed by atoms with Crippen LogP contribution in [0.2, 0.25) is 0 Å². The highest BCUT2D eigenvalue weighted by molar-refractivity contribution is 5.90. The highest BCUT2D eigenvalue weighted by Gasteiger charge is 2.20. The lowest BCUT2D eigenvalue weighted by atomic mass is 9.92. The van der Waals surface area contributed by atoms with Crippen LogP contribution >= 0.6 is 0 Å². The van der Waals surface area contributed by atoms with Crippen molar-refractivity contribution in [1.82, 2.24) is 29.5 Å². The zero-order chi connectivity index (χ0) is 21.5. The summed E-state index contributed by atoms with van der Waals surface area (Å²) in [5, 5.41) is 12.0. The number of aryl methyl sites for hydroxylation is 1. The zero-order valence-electron chi connectivity index (χ0n) is 17.3. The molecule has 0 bridgehead atoms. The molecule has 0 unspecified atom stereocenters. The molecule has 0 saturated heterocycles. The Morgan fingerprint density at radius 2 is 1.90 bits per heavy atom. The maximum atomic E-state index is 12.7. The highest BCUT2D eigenvalue weighted by atomic mass is 16.1. The minimum absolute atomic E-state index is 0.138. The molecule has 9 nitrogen and oxygen atoms in total. The highest BCUT2D eigenvalue weighted by Crippen LogP contribution is 2.21. The molecule has 0 aliphatic carbocycles. The molecule has 30 heavy (non-hydrogen) atoms. The van der Waals surface area contributed by atoms with Gasteiger partial charge in [0.15, 0.2) is 5.65 Å². The molecule has 4 rings (SSSR count). The smallest absolute Gasteiger partial charge is 0.263 e. The number of H-pyrrole nitrogens is 1. The third kappa shape index (κ3) is 3.86. The monoisotopic (exact) mass is 405 g/mol. The fraction of sp³-hybridized carbons (Fsp3) is 0.286. The van der Waals surface area contributed by atoms with Crippen LogP contribution in [-0.2, 0) is 4.79 Å². The van der Waals surface area contributed by atoms with Crippen LogP contribution in [0, 0.1) is 12.3 Å². The predicted molar refractivity (Wildman–Crippen MR) is 114 cm³/mol. The molecular weight excluding hydrogens is 382 g/mol. The summed E-state index contributed by atoms with van der Waals surface area (Å²) < 4.78 is 3.03. The Balaban J connectivity index is 1.79. The van der Waals surface area contributed by atoms with Crippen LogP contribution in [0.3, 0.4) is 0 Å². The molecule has 0 saturated carbocycles. The van der Waals surface area contributed by atoms with Crippen molar-refractivity contribution >= 4 is 22.8 Å². The number of aromatic nitrogens is 6. The van der Waals surface area contributed by atoms with Gasteiger partial charge in [-0.15, -0.1) is 0 Å². The van der Waals surface area contributed by atoms with Gasteiger partial charge in [0.05, 0.1) is 17.6 Å². The van der Waals surface area contributed by atoms with E-state index in [9.17, 15) is 9.59 Å². The molecular formula is C21H23N7O2. The number of nitrogens with one attached hydrogen (secondary N) is 2. The average Bonchev–Trinajstić information content (AvgIpc) is 3.24. The fourth-order valence-corrected chi connectivity index (χ4v) is 3.18. The van der Waals surface area contributed by atoms with Gasteiger partial charge in [-0.25, -0.2) is 4.68 Å². The standard InChI is InChI=1S/C21H23N7O2/c1-13-10-16(23-17(29)11-21(2,3)4)28(26-13)20-24-18-15(19(30)25-20)12-22-27(18)14-8-6-5-7-9-14/h5-10,12H,11H2,1-4H3,(H,23,29)(H,24,25,30). The second-order valence-corrected chi connectivity index (χ2v) is 8.39. The van der Waals surface area contributed by atoms with Crippen molar-refractivity contribution in [2.45, 2.75) is 34.1 Å². The number of carbonyl (C=O) groups is 1. The molecule has 0 atom stereocenters. The molecule has 1 aromatic carbocycles. The largest absolute Gasteiger partial charge is 0.310 e. The van der Waals surface area contributed by atoms with E-state index in [1.165, 1.54) is 10.9 Å². The van der Waals surface area contributed by atoms with E-state index in [0.29, 0.717) is 29.0 Å². The molecule has 0 aliphatic heterocycles. The number of anilines is 1. The van der Waals surface area contributed by atoms with Crippen LogP contribution in [0.15, 0.2) is 47.4 Å². The summed E-state index contributed by atoms with van der Waals surface area (Å²) in [6.07, 6.45) is 1.83. The Kier molecular flexibility index (Phi) is 4.73. The summed E-state index contributed by atoms with van der Waals surface area (Å²) in [4.78, 5) is 32.4. The number of benzene rings is 1. The van der Waals surface area contributed by atoms with E-state index in [1.54, 1.807) is 17.7 Å². The number of amides is 1. The maximum Gasteiger partial charge on any atom is 0.263 e. The van der Waals surface area contributed by atoms with Gasteiger partial charge in [-0.05, 0) is 24.5 Å². The Bertz CT molecular complexity index is 1280. The first-order valence-corrected chi connectivity index (χ1v) is 9.62. The van der Waals surface area contributed by atoms with E-state index in [-0.39, 0.29) is 22.8 Å². The van der Waals surface area contributed by atoms with Crippen LogP contribution in [-0.4, -0.2) is 35.4 Å². The Labute approximate surface area is 172 Å². The van der Waals surface area contributed by atoms with Crippen molar-refractivity contribution < 1.29 is 4.79 Å². The molecule has 3 aromatic heterocycles.